The average Bonchev–Trinajstić information content (AvgIpc) is 2.90. The Bertz CT molecular complexity index is 580. The minimum atomic E-state index is -4.73. The van der Waals surface area contributed by atoms with Crippen molar-refractivity contribution in [2.24, 2.45) is 0 Å². The van der Waals surface area contributed by atoms with Crippen LogP contribution in [-0.2, 0) is 11.3 Å². The molecule has 21 heavy (non-hydrogen) atoms. The van der Waals surface area contributed by atoms with Crippen LogP contribution < -0.4 is 10.1 Å². The number of nitrogens with zero attached hydrogens (tertiary/aromatic N) is 2. The molecule has 0 aliphatic carbocycles. The van der Waals surface area contributed by atoms with E-state index in [2.05, 4.69) is 15.2 Å². The fourth-order valence-electron chi connectivity index (χ4n) is 1.61. The van der Waals surface area contributed by atoms with Crippen molar-refractivity contribution >= 4 is 11.6 Å². The van der Waals surface area contributed by atoms with E-state index in [-0.39, 0.29) is 18.1 Å². The third-order valence-electron chi connectivity index (χ3n) is 2.50. The van der Waals surface area contributed by atoms with Crippen LogP contribution in [0.25, 0.3) is 0 Å². The monoisotopic (exact) mass is 299 g/mol. The van der Waals surface area contributed by atoms with Gasteiger partial charge in [-0.2, -0.15) is 5.10 Å². The van der Waals surface area contributed by atoms with Gasteiger partial charge in [-0.25, -0.2) is 0 Å². The molecule has 112 valence electrons. The maximum Gasteiger partial charge on any atom is 0.573 e. The molecule has 1 aromatic carbocycles. The van der Waals surface area contributed by atoms with Crippen molar-refractivity contribution in [2.45, 2.75) is 19.3 Å². The standard InChI is InChI=1S/C13H12F3N3O2/c14-13(15,16)21-11-4-2-10(3-5-11)18-12(20)6-9-19-8-1-7-17-19/h1-5,7-8H,6,9H2,(H,18,20). The first-order valence-electron chi connectivity index (χ1n) is 6.05. The van der Waals surface area contributed by atoms with Crippen molar-refractivity contribution < 1.29 is 22.7 Å². The first-order valence-corrected chi connectivity index (χ1v) is 6.05. The number of alkyl halides is 3. The molecule has 0 saturated heterocycles. The van der Waals surface area contributed by atoms with Crippen LogP contribution in [-0.4, -0.2) is 22.1 Å². The van der Waals surface area contributed by atoms with E-state index in [1.165, 1.54) is 12.1 Å². The molecule has 2 rings (SSSR count). The number of hydrogen-bond acceptors (Lipinski definition) is 3. The second-order valence-electron chi connectivity index (χ2n) is 4.14. The van der Waals surface area contributed by atoms with E-state index in [0.717, 1.165) is 12.1 Å². The molecular formula is C13H12F3N3O2. The lowest BCUT2D eigenvalue weighted by atomic mass is 10.3. The molecule has 0 fully saturated rings. The van der Waals surface area contributed by atoms with Gasteiger partial charge in [-0.1, -0.05) is 0 Å². The molecule has 0 atom stereocenters. The van der Waals surface area contributed by atoms with E-state index in [9.17, 15) is 18.0 Å². The Labute approximate surface area is 118 Å². The van der Waals surface area contributed by atoms with E-state index in [0.29, 0.717) is 12.2 Å². The van der Waals surface area contributed by atoms with E-state index in [4.69, 9.17) is 0 Å². The largest absolute Gasteiger partial charge is 0.573 e. The minimum absolute atomic E-state index is 0.211. The summed E-state index contributed by atoms with van der Waals surface area (Å²) < 4.78 is 41.3. The molecule has 1 heterocycles. The van der Waals surface area contributed by atoms with Gasteiger partial charge in [-0.15, -0.1) is 13.2 Å². The van der Waals surface area contributed by atoms with Crippen LogP contribution in [0.2, 0.25) is 0 Å². The molecule has 0 bridgehead atoms. The van der Waals surface area contributed by atoms with Crippen LogP contribution in [0.15, 0.2) is 42.7 Å². The zero-order valence-electron chi connectivity index (χ0n) is 10.8. The summed E-state index contributed by atoms with van der Waals surface area (Å²) in [5, 5.41) is 6.53. The molecule has 5 nitrogen and oxygen atoms in total. The van der Waals surface area contributed by atoms with Gasteiger partial charge in [-0.05, 0) is 30.3 Å². The smallest absolute Gasteiger partial charge is 0.406 e. The van der Waals surface area contributed by atoms with Crippen molar-refractivity contribution in [3.8, 4) is 5.75 Å². The lowest BCUT2D eigenvalue weighted by molar-refractivity contribution is -0.274. The Morgan fingerprint density at radius 1 is 1.29 bits per heavy atom. The van der Waals surface area contributed by atoms with Gasteiger partial charge in [0.25, 0.3) is 0 Å². The van der Waals surface area contributed by atoms with Gasteiger partial charge in [0.05, 0.1) is 0 Å². The summed E-state index contributed by atoms with van der Waals surface area (Å²) in [6.45, 7) is 0.425. The summed E-state index contributed by atoms with van der Waals surface area (Å²) in [5.41, 5.74) is 0.398. The normalized spacial score (nSPS) is 11.2. The van der Waals surface area contributed by atoms with Crippen molar-refractivity contribution in [1.82, 2.24) is 9.78 Å². The molecule has 8 heteroatoms. The van der Waals surface area contributed by atoms with Crippen molar-refractivity contribution in [1.29, 1.82) is 0 Å². The number of aryl methyl sites for hydroxylation is 1. The van der Waals surface area contributed by atoms with Gasteiger partial charge in [0.1, 0.15) is 5.75 Å². The van der Waals surface area contributed by atoms with Gasteiger partial charge in [0, 0.05) is 31.0 Å². The highest BCUT2D eigenvalue weighted by Gasteiger charge is 2.30. The number of nitrogens with one attached hydrogen (secondary N) is 1. The van der Waals surface area contributed by atoms with Gasteiger partial charge in [0.2, 0.25) is 5.91 Å². The highest BCUT2D eigenvalue weighted by Crippen LogP contribution is 2.23. The lowest BCUT2D eigenvalue weighted by Crippen LogP contribution is -2.17. The molecule has 0 aliphatic heterocycles. The number of carbonyl (C=O) groups is 1. The molecule has 1 amide bonds. The van der Waals surface area contributed by atoms with Crippen LogP contribution in [0.4, 0.5) is 18.9 Å². The maximum absolute atomic E-state index is 12.0. The first kappa shape index (κ1) is 14.9. The van der Waals surface area contributed by atoms with Crippen molar-refractivity contribution in [3.05, 3.63) is 42.7 Å². The summed E-state index contributed by atoms with van der Waals surface area (Å²) in [6, 6.07) is 6.70. The van der Waals surface area contributed by atoms with Crippen LogP contribution in [0.3, 0.4) is 0 Å². The fourth-order valence-corrected chi connectivity index (χ4v) is 1.61. The minimum Gasteiger partial charge on any atom is -0.406 e. The molecule has 0 unspecified atom stereocenters. The number of hydrogen-bond donors (Lipinski definition) is 1. The Hall–Kier alpha value is -2.51. The summed E-state index contributed by atoms with van der Waals surface area (Å²) in [4.78, 5) is 11.7. The number of amides is 1. The molecule has 0 aliphatic rings. The Kier molecular flexibility index (Phi) is 4.46. The number of carbonyl (C=O) groups excluding carboxylic acids is 1. The number of ether oxygens (including phenoxy) is 1. The van der Waals surface area contributed by atoms with Crippen LogP contribution >= 0.6 is 0 Å². The summed E-state index contributed by atoms with van der Waals surface area (Å²) in [6.07, 6.45) is -1.18. The Morgan fingerprint density at radius 3 is 2.57 bits per heavy atom. The predicted molar refractivity (Wildman–Crippen MR) is 68.6 cm³/mol. The summed E-state index contributed by atoms with van der Waals surface area (Å²) >= 11 is 0. The van der Waals surface area contributed by atoms with Crippen LogP contribution in [0, 0.1) is 0 Å². The lowest BCUT2D eigenvalue weighted by Gasteiger charge is -2.10. The van der Waals surface area contributed by atoms with Gasteiger partial charge < -0.3 is 10.1 Å². The van der Waals surface area contributed by atoms with Gasteiger partial charge >= 0.3 is 6.36 Å². The molecule has 0 radical (unpaired) electrons. The molecule has 2 aromatic rings. The highest BCUT2D eigenvalue weighted by molar-refractivity contribution is 5.90. The number of aromatic nitrogens is 2. The fraction of sp³-hybridized carbons (Fsp3) is 0.231. The summed E-state index contributed by atoms with van der Waals surface area (Å²) in [5.74, 6) is -0.591. The number of halogens is 3. The zero-order chi connectivity index (χ0) is 15.3. The molecule has 1 aromatic heterocycles. The number of anilines is 1. The SMILES string of the molecule is O=C(CCn1cccn1)Nc1ccc(OC(F)(F)F)cc1. The average molecular weight is 299 g/mol. The molecular weight excluding hydrogens is 287 g/mol. The van der Waals surface area contributed by atoms with Crippen LogP contribution in [0.5, 0.6) is 5.75 Å². The van der Waals surface area contributed by atoms with Crippen LogP contribution in [0.1, 0.15) is 6.42 Å². The predicted octanol–water partition coefficient (Wildman–Crippen LogP) is 2.81. The third kappa shape index (κ3) is 5.17. The summed E-state index contributed by atoms with van der Waals surface area (Å²) in [7, 11) is 0. The van der Waals surface area contributed by atoms with E-state index < -0.39 is 6.36 Å². The number of benzene rings is 1. The topological polar surface area (TPSA) is 56.2 Å². The van der Waals surface area contributed by atoms with Gasteiger partial charge in [-0.3, -0.25) is 9.48 Å². The highest BCUT2D eigenvalue weighted by atomic mass is 19.4. The number of rotatable bonds is 5. The Morgan fingerprint density at radius 2 is 2.00 bits per heavy atom. The third-order valence-corrected chi connectivity index (χ3v) is 2.50. The molecule has 0 saturated carbocycles. The molecule has 1 N–H and O–H groups in total. The van der Waals surface area contributed by atoms with Crippen molar-refractivity contribution in [3.63, 3.8) is 0 Å². The first-order chi connectivity index (χ1) is 9.92. The van der Waals surface area contributed by atoms with E-state index in [1.807, 2.05) is 0 Å². The Balaban J connectivity index is 1.83. The van der Waals surface area contributed by atoms with Crippen molar-refractivity contribution in [2.75, 3.05) is 5.32 Å². The van der Waals surface area contributed by atoms with Gasteiger partial charge in [0.15, 0.2) is 0 Å². The second-order valence-corrected chi connectivity index (χ2v) is 4.14. The molecule has 0 spiro atoms. The second kappa shape index (κ2) is 6.29. The quantitative estimate of drug-likeness (QED) is 0.923. The van der Waals surface area contributed by atoms with E-state index >= 15 is 0 Å². The van der Waals surface area contributed by atoms with E-state index in [1.54, 1.807) is 23.1 Å². The zero-order valence-corrected chi connectivity index (χ0v) is 10.8. The maximum atomic E-state index is 12.0.